The second-order valence-corrected chi connectivity index (χ2v) is 11.0. The number of hydrogen-bond acceptors (Lipinski definition) is 5. The van der Waals surface area contributed by atoms with Crippen molar-refractivity contribution in [3.63, 3.8) is 0 Å². The molecule has 188 valence electrons. The van der Waals surface area contributed by atoms with Gasteiger partial charge in [0.1, 0.15) is 12.3 Å². The van der Waals surface area contributed by atoms with E-state index in [2.05, 4.69) is 27.7 Å². The van der Waals surface area contributed by atoms with Crippen LogP contribution in [0, 0.1) is 23.2 Å². The highest BCUT2D eigenvalue weighted by Gasteiger charge is 2.40. The van der Waals surface area contributed by atoms with E-state index in [1.807, 2.05) is 30.0 Å². The van der Waals surface area contributed by atoms with Gasteiger partial charge in [0.25, 0.3) is 0 Å². The Kier molecular flexibility index (Phi) is 8.39. The maximum atomic E-state index is 13.9. The average molecular weight is 472 g/mol. The highest BCUT2D eigenvalue weighted by atomic mass is 16.5. The van der Waals surface area contributed by atoms with Crippen molar-refractivity contribution in [1.29, 1.82) is 0 Å². The Bertz CT molecular complexity index is 993. The summed E-state index contributed by atoms with van der Waals surface area (Å²) in [7, 11) is 1.60. The van der Waals surface area contributed by atoms with E-state index in [4.69, 9.17) is 9.72 Å². The molecule has 2 aromatic rings. The van der Waals surface area contributed by atoms with Crippen LogP contribution in [0.15, 0.2) is 18.2 Å². The highest BCUT2D eigenvalue weighted by Crippen LogP contribution is 2.41. The molecule has 0 bridgehead atoms. The number of hydrogen-bond donors (Lipinski definition) is 1. The lowest BCUT2D eigenvalue weighted by atomic mass is 9.69. The van der Waals surface area contributed by atoms with Crippen molar-refractivity contribution >= 4 is 22.7 Å². The number of aliphatic hydroxyl groups is 1. The number of aromatic nitrogens is 2. The van der Waals surface area contributed by atoms with Crippen LogP contribution in [0.5, 0.6) is 5.75 Å². The summed E-state index contributed by atoms with van der Waals surface area (Å²) in [5, 5.41) is 9.53. The molecular formula is C27H41N3O4. The van der Waals surface area contributed by atoms with Crippen LogP contribution in [0.25, 0.3) is 11.0 Å². The summed E-state index contributed by atoms with van der Waals surface area (Å²) in [5.74, 6) is 1.93. The summed E-state index contributed by atoms with van der Waals surface area (Å²) < 4.78 is 7.21. The fourth-order valence-corrected chi connectivity index (χ4v) is 4.95. The summed E-state index contributed by atoms with van der Waals surface area (Å²) >= 11 is 0. The number of benzene rings is 1. The van der Waals surface area contributed by atoms with E-state index in [0.29, 0.717) is 54.9 Å². The lowest BCUT2D eigenvalue weighted by molar-refractivity contribution is -0.132. The number of fused-ring (bicyclic) bond motifs is 1. The van der Waals surface area contributed by atoms with Gasteiger partial charge in [0.05, 0.1) is 18.1 Å². The number of amides is 1. The summed E-state index contributed by atoms with van der Waals surface area (Å²) in [4.78, 5) is 34.0. The van der Waals surface area contributed by atoms with Crippen LogP contribution in [0.1, 0.15) is 70.9 Å². The number of imidazole rings is 1. The fraction of sp³-hybridized carbons (Fsp3) is 0.667. The van der Waals surface area contributed by atoms with E-state index in [9.17, 15) is 14.7 Å². The van der Waals surface area contributed by atoms with E-state index < -0.39 is 5.41 Å². The van der Waals surface area contributed by atoms with Crippen LogP contribution in [-0.2, 0) is 11.3 Å². The number of carbonyl (C=O) groups is 2. The molecule has 7 nitrogen and oxygen atoms in total. The van der Waals surface area contributed by atoms with Gasteiger partial charge in [-0.15, -0.1) is 0 Å². The summed E-state index contributed by atoms with van der Waals surface area (Å²) in [5.41, 5.74) is 0.870. The topological polar surface area (TPSA) is 84.7 Å². The Morgan fingerprint density at radius 2 is 1.79 bits per heavy atom. The molecule has 1 amide bonds. The van der Waals surface area contributed by atoms with Gasteiger partial charge >= 0.3 is 0 Å². The Morgan fingerprint density at radius 3 is 2.32 bits per heavy atom. The summed E-state index contributed by atoms with van der Waals surface area (Å²) in [6.45, 7) is 12.0. The van der Waals surface area contributed by atoms with Crippen LogP contribution in [0.4, 0.5) is 0 Å². The summed E-state index contributed by atoms with van der Waals surface area (Å²) in [6.07, 6.45) is 3.07. The number of methoxy groups -OCH3 is 1. The number of carbonyl (C=O) groups excluding carboxylic acids is 2. The molecule has 34 heavy (non-hydrogen) atoms. The van der Waals surface area contributed by atoms with Crippen molar-refractivity contribution in [2.75, 3.05) is 26.8 Å². The molecule has 1 saturated carbocycles. The van der Waals surface area contributed by atoms with Gasteiger partial charge in [0.2, 0.25) is 11.7 Å². The Balaban J connectivity index is 2.00. The molecular weight excluding hydrogens is 430 g/mol. The molecule has 1 aliphatic rings. The van der Waals surface area contributed by atoms with Crippen LogP contribution in [0.3, 0.4) is 0 Å². The van der Waals surface area contributed by atoms with Crippen molar-refractivity contribution in [1.82, 2.24) is 14.5 Å². The second kappa shape index (κ2) is 10.9. The quantitative estimate of drug-likeness (QED) is 0.514. The number of ketones is 1. The molecule has 1 N–H and O–H groups in total. The first kappa shape index (κ1) is 26.2. The molecule has 7 heteroatoms. The van der Waals surface area contributed by atoms with E-state index in [0.717, 1.165) is 18.4 Å². The van der Waals surface area contributed by atoms with Gasteiger partial charge in [-0.2, -0.15) is 0 Å². The maximum absolute atomic E-state index is 13.9. The third-order valence-electron chi connectivity index (χ3n) is 6.99. The van der Waals surface area contributed by atoms with Gasteiger partial charge < -0.3 is 19.3 Å². The van der Waals surface area contributed by atoms with Gasteiger partial charge in [-0.25, -0.2) is 4.98 Å². The lowest BCUT2D eigenvalue weighted by Crippen LogP contribution is -2.40. The van der Waals surface area contributed by atoms with Crippen molar-refractivity contribution in [2.45, 2.75) is 66.8 Å². The molecule has 0 aliphatic heterocycles. The van der Waals surface area contributed by atoms with Crippen molar-refractivity contribution in [2.24, 2.45) is 23.2 Å². The summed E-state index contributed by atoms with van der Waals surface area (Å²) in [6, 6.07) is 5.53. The predicted molar refractivity (Wildman–Crippen MR) is 134 cm³/mol. The molecule has 0 unspecified atom stereocenters. The number of aliphatic hydroxyl groups excluding tert-OH is 1. The zero-order valence-corrected chi connectivity index (χ0v) is 21.6. The first-order valence-electron chi connectivity index (χ1n) is 12.6. The Hall–Kier alpha value is -2.41. The maximum Gasteiger partial charge on any atom is 0.242 e. The van der Waals surface area contributed by atoms with Gasteiger partial charge in [0.15, 0.2) is 5.82 Å². The monoisotopic (exact) mass is 471 g/mol. The van der Waals surface area contributed by atoms with Crippen LogP contribution < -0.4 is 4.74 Å². The SMILES string of the molecule is COc1ccc2nc(C(=O)C3(C)CCC(CO)CC3)n(CC(=O)N(CC(C)C)CC(C)C)c2c1. The number of ether oxygens (including phenoxy) is 1. The molecule has 0 spiro atoms. The third-order valence-corrected chi connectivity index (χ3v) is 6.99. The second-order valence-electron chi connectivity index (χ2n) is 11.0. The van der Waals surface area contributed by atoms with Gasteiger partial charge in [-0.05, 0) is 55.6 Å². The molecule has 0 saturated heterocycles. The Morgan fingerprint density at radius 1 is 1.18 bits per heavy atom. The standard InChI is InChI=1S/C27H41N3O4/c1-18(2)14-29(15-19(3)4)24(32)16-30-23-13-21(34-6)7-8-22(23)28-26(30)25(33)27(5)11-9-20(17-31)10-12-27/h7-8,13,18-20,31H,9-12,14-17H2,1-6H3. The Labute approximate surface area is 203 Å². The minimum absolute atomic E-state index is 0.00675. The van der Waals surface area contributed by atoms with Crippen molar-refractivity contribution in [3.8, 4) is 5.75 Å². The number of Topliss-reactive ketones (excluding diaryl/α,β-unsaturated/α-hetero) is 1. The highest BCUT2D eigenvalue weighted by molar-refractivity contribution is 6.01. The van der Waals surface area contributed by atoms with Crippen molar-refractivity contribution in [3.05, 3.63) is 24.0 Å². The molecule has 1 heterocycles. The van der Waals surface area contributed by atoms with Gasteiger partial charge in [-0.3, -0.25) is 9.59 Å². The van der Waals surface area contributed by atoms with Crippen molar-refractivity contribution < 1.29 is 19.4 Å². The minimum Gasteiger partial charge on any atom is -0.497 e. The predicted octanol–water partition coefficient (Wildman–Crippen LogP) is 4.56. The molecule has 0 atom stereocenters. The van der Waals surface area contributed by atoms with E-state index in [1.54, 1.807) is 11.7 Å². The largest absolute Gasteiger partial charge is 0.497 e. The zero-order valence-electron chi connectivity index (χ0n) is 21.6. The molecule has 1 fully saturated rings. The number of nitrogens with zero attached hydrogens (tertiary/aromatic N) is 3. The van der Waals surface area contributed by atoms with Gasteiger partial charge in [-0.1, -0.05) is 34.6 Å². The molecule has 1 aliphatic carbocycles. The first-order chi connectivity index (χ1) is 16.1. The van der Waals surface area contributed by atoms with Crippen LogP contribution >= 0.6 is 0 Å². The van der Waals surface area contributed by atoms with E-state index in [-0.39, 0.29) is 30.8 Å². The van der Waals surface area contributed by atoms with E-state index >= 15 is 0 Å². The lowest BCUT2D eigenvalue weighted by Gasteiger charge is -2.35. The van der Waals surface area contributed by atoms with Crippen LogP contribution in [0.2, 0.25) is 0 Å². The van der Waals surface area contributed by atoms with Crippen LogP contribution in [-0.4, -0.2) is 58.1 Å². The van der Waals surface area contributed by atoms with E-state index in [1.165, 1.54) is 0 Å². The normalized spacial score (nSPS) is 20.8. The molecule has 1 aromatic carbocycles. The first-order valence-corrected chi connectivity index (χ1v) is 12.6. The average Bonchev–Trinajstić information content (AvgIpc) is 3.15. The third kappa shape index (κ3) is 5.80. The molecule has 1 aromatic heterocycles. The molecule has 0 radical (unpaired) electrons. The number of rotatable bonds is 10. The minimum atomic E-state index is -0.548. The zero-order chi connectivity index (χ0) is 25.0. The van der Waals surface area contributed by atoms with Gasteiger partial charge in [0, 0.05) is 31.2 Å². The fourth-order valence-electron chi connectivity index (χ4n) is 4.95. The molecule has 3 rings (SSSR count). The smallest absolute Gasteiger partial charge is 0.242 e.